The third-order valence-corrected chi connectivity index (χ3v) is 4.97. The Morgan fingerprint density at radius 1 is 1.04 bits per heavy atom. The molecule has 0 atom stereocenters. The van der Waals surface area contributed by atoms with Gasteiger partial charge in [-0.25, -0.2) is 0 Å². The summed E-state index contributed by atoms with van der Waals surface area (Å²) in [6, 6.07) is 15.1. The monoisotopic (exact) mass is 385 g/mol. The third kappa shape index (κ3) is 5.55. The first-order valence-electron chi connectivity index (χ1n) is 9.11. The van der Waals surface area contributed by atoms with E-state index in [0.717, 1.165) is 19.6 Å². The van der Waals surface area contributed by atoms with Gasteiger partial charge in [-0.1, -0.05) is 41.4 Å². The molecule has 1 fully saturated rings. The van der Waals surface area contributed by atoms with Crippen LogP contribution >= 0.6 is 11.6 Å². The van der Waals surface area contributed by atoms with E-state index in [0.29, 0.717) is 23.7 Å². The van der Waals surface area contributed by atoms with Crippen LogP contribution in [0.5, 0.6) is 0 Å². The Bertz CT molecular complexity index is 799. The molecule has 1 aliphatic rings. The Balaban J connectivity index is 1.43. The summed E-state index contributed by atoms with van der Waals surface area (Å²) < 4.78 is 0. The molecule has 27 heavy (non-hydrogen) atoms. The van der Waals surface area contributed by atoms with E-state index in [1.807, 2.05) is 4.90 Å². The van der Waals surface area contributed by atoms with Crippen molar-refractivity contribution in [2.24, 2.45) is 0 Å². The molecule has 1 heterocycles. The van der Waals surface area contributed by atoms with Crippen molar-refractivity contribution < 1.29 is 9.59 Å². The normalized spacial score (nSPS) is 14.8. The Morgan fingerprint density at radius 2 is 1.74 bits per heavy atom. The summed E-state index contributed by atoms with van der Waals surface area (Å²) in [6.45, 7) is 6.05. The van der Waals surface area contributed by atoms with Crippen LogP contribution in [0.2, 0.25) is 5.02 Å². The molecular formula is C21H24ClN3O2. The second-order valence-corrected chi connectivity index (χ2v) is 7.27. The molecule has 6 heteroatoms. The number of hydrogen-bond acceptors (Lipinski definition) is 3. The number of hydrogen-bond donors (Lipinski definition) is 1. The molecule has 5 nitrogen and oxygen atoms in total. The Morgan fingerprint density at radius 3 is 2.41 bits per heavy atom. The zero-order chi connectivity index (χ0) is 19.2. The van der Waals surface area contributed by atoms with E-state index in [4.69, 9.17) is 11.6 Å². The Labute approximate surface area is 164 Å². The summed E-state index contributed by atoms with van der Waals surface area (Å²) in [5.74, 6) is -0.314. The first-order chi connectivity index (χ1) is 13.0. The van der Waals surface area contributed by atoms with Gasteiger partial charge in [-0.3, -0.25) is 14.5 Å². The molecule has 0 spiro atoms. The van der Waals surface area contributed by atoms with Crippen LogP contribution in [-0.4, -0.2) is 54.3 Å². The second-order valence-electron chi connectivity index (χ2n) is 6.84. The number of nitrogens with zero attached hydrogens (tertiary/aromatic N) is 2. The average Bonchev–Trinajstić information content (AvgIpc) is 2.67. The standard InChI is InChI=1S/C21H24ClN3O2/c1-16-3-2-4-17(13-16)15-24-9-11-25(12-10-24)20(26)14-23-21(27)18-5-7-19(22)8-6-18/h2-8,13H,9-12,14-15H2,1H3,(H,23,27). The lowest BCUT2D eigenvalue weighted by Crippen LogP contribution is -2.50. The summed E-state index contributed by atoms with van der Waals surface area (Å²) in [5, 5.41) is 3.26. The molecule has 142 valence electrons. The van der Waals surface area contributed by atoms with Crippen molar-refractivity contribution in [2.45, 2.75) is 13.5 Å². The van der Waals surface area contributed by atoms with Crippen LogP contribution in [0.4, 0.5) is 0 Å². The van der Waals surface area contributed by atoms with Crippen LogP contribution < -0.4 is 5.32 Å². The first-order valence-corrected chi connectivity index (χ1v) is 9.48. The fourth-order valence-electron chi connectivity index (χ4n) is 3.20. The minimum atomic E-state index is -0.266. The molecule has 3 rings (SSSR count). The van der Waals surface area contributed by atoms with Gasteiger partial charge in [-0.15, -0.1) is 0 Å². The van der Waals surface area contributed by atoms with Crippen molar-refractivity contribution in [2.75, 3.05) is 32.7 Å². The Hall–Kier alpha value is -2.37. The van der Waals surface area contributed by atoms with E-state index in [1.165, 1.54) is 11.1 Å². The quantitative estimate of drug-likeness (QED) is 0.861. The molecular weight excluding hydrogens is 362 g/mol. The maximum atomic E-state index is 12.4. The van der Waals surface area contributed by atoms with E-state index >= 15 is 0 Å². The van der Waals surface area contributed by atoms with Crippen LogP contribution in [0.15, 0.2) is 48.5 Å². The van der Waals surface area contributed by atoms with Gasteiger partial charge in [-0.05, 0) is 36.8 Å². The third-order valence-electron chi connectivity index (χ3n) is 4.72. The SMILES string of the molecule is Cc1cccc(CN2CCN(C(=O)CNC(=O)c3ccc(Cl)cc3)CC2)c1. The number of carbonyl (C=O) groups excluding carboxylic acids is 2. The van der Waals surface area contributed by atoms with E-state index in [-0.39, 0.29) is 18.4 Å². The number of rotatable bonds is 5. The van der Waals surface area contributed by atoms with Gasteiger partial charge in [0.1, 0.15) is 0 Å². The van der Waals surface area contributed by atoms with Gasteiger partial charge < -0.3 is 10.2 Å². The lowest BCUT2D eigenvalue weighted by molar-refractivity contribution is -0.131. The van der Waals surface area contributed by atoms with Gasteiger partial charge in [0.2, 0.25) is 5.91 Å². The van der Waals surface area contributed by atoms with Gasteiger partial charge in [0.15, 0.2) is 0 Å². The number of aryl methyl sites for hydroxylation is 1. The largest absolute Gasteiger partial charge is 0.343 e. The van der Waals surface area contributed by atoms with Gasteiger partial charge in [0.05, 0.1) is 6.54 Å². The molecule has 0 saturated carbocycles. The Kier molecular flexibility index (Phi) is 6.48. The molecule has 2 amide bonds. The van der Waals surface area contributed by atoms with E-state index in [1.54, 1.807) is 24.3 Å². The molecule has 2 aromatic rings. The van der Waals surface area contributed by atoms with Crippen LogP contribution in [0.1, 0.15) is 21.5 Å². The van der Waals surface area contributed by atoms with E-state index in [9.17, 15) is 9.59 Å². The lowest BCUT2D eigenvalue weighted by atomic mass is 10.1. The molecule has 1 saturated heterocycles. The molecule has 0 radical (unpaired) electrons. The zero-order valence-corrected chi connectivity index (χ0v) is 16.2. The number of benzene rings is 2. The van der Waals surface area contributed by atoms with Crippen LogP contribution in [0.3, 0.4) is 0 Å². The highest BCUT2D eigenvalue weighted by Crippen LogP contribution is 2.11. The summed E-state index contributed by atoms with van der Waals surface area (Å²) in [4.78, 5) is 28.6. The molecule has 0 unspecified atom stereocenters. The highest BCUT2D eigenvalue weighted by Gasteiger charge is 2.21. The van der Waals surface area contributed by atoms with Gasteiger partial charge in [-0.2, -0.15) is 0 Å². The molecule has 1 N–H and O–H groups in total. The summed E-state index contributed by atoms with van der Waals surface area (Å²) >= 11 is 5.82. The fraction of sp³-hybridized carbons (Fsp3) is 0.333. The summed E-state index contributed by atoms with van der Waals surface area (Å²) in [7, 11) is 0. The maximum Gasteiger partial charge on any atom is 0.251 e. The average molecular weight is 386 g/mol. The number of halogens is 1. The fourth-order valence-corrected chi connectivity index (χ4v) is 3.32. The number of amides is 2. The first kappa shape index (κ1) is 19.4. The van der Waals surface area contributed by atoms with Crippen LogP contribution in [0.25, 0.3) is 0 Å². The van der Waals surface area contributed by atoms with Crippen LogP contribution in [-0.2, 0) is 11.3 Å². The van der Waals surface area contributed by atoms with Crippen molar-refractivity contribution in [3.8, 4) is 0 Å². The van der Waals surface area contributed by atoms with Crippen molar-refractivity contribution in [1.82, 2.24) is 15.1 Å². The minimum absolute atomic E-state index is 0.0132. The highest BCUT2D eigenvalue weighted by molar-refractivity contribution is 6.30. The maximum absolute atomic E-state index is 12.4. The summed E-state index contributed by atoms with van der Waals surface area (Å²) in [6.07, 6.45) is 0. The van der Waals surface area contributed by atoms with Gasteiger partial charge >= 0.3 is 0 Å². The van der Waals surface area contributed by atoms with Gasteiger partial charge in [0, 0.05) is 43.3 Å². The van der Waals surface area contributed by atoms with Gasteiger partial charge in [0.25, 0.3) is 5.91 Å². The van der Waals surface area contributed by atoms with Crippen molar-refractivity contribution in [3.63, 3.8) is 0 Å². The molecule has 0 aromatic heterocycles. The predicted octanol–water partition coefficient (Wildman–Crippen LogP) is 2.72. The number of nitrogens with one attached hydrogen (secondary N) is 1. The molecule has 0 aliphatic carbocycles. The minimum Gasteiger partial charge on any atom is -0.343 e. The van der Waals surface area contributed by atoms with Crippen molar-refractivity contribution in [3.05, 3.63) is 70.2 Å². The molecule has 0 bridgehead atoms. The molecule has 2 aromatic carbocycles. The zero-order valence-electron chi connectivity index (χ0n) is 15.5. The second kappa shape index (κ2) is 9.02. The lowest BCUT2D eigenvalue weighted by Gasteiger charge is -2.34. The van der Waals surface area contributed by atoms with E-state index in [2.05, 4.69) is 41.4 Å². The van der Waals surface area contributed by atoms with Crippen molar-refractivity contribution >= 4 is 23.4 Å². The number of carbonyl (C=O) groups is 2. The molecule has 1 aliphatic heterocycles. The smallest absolute Gasteiger partial charge is 0.251 e. The van der Waals surface area contributed by atoms with Crippen molar-refractivity contribution in [1.29, 1.82) is 0 Å². The highest BCUT2D eigenvalue weighted by atomic mass is 35.5. The topological polar surface area (TPSA) is 52.6 Å². The van der Waals surface area contributed by atoms with Crippen LogP contribution in [0, 0.1) is 6.92 Å². The summed E-state index contributed by atoms with van der Waals surface area (Å²) in [5.41, 5.74) is 3.05. The van der Waals surface area contributed by atoms with E-state index < -0.39 is 0 Å². The number of piperazine rings is 1. The predicted molar refractivity (Wildman–Crippen MR) is 107 cm³/mol.